The molecule has 152 valence electrons. The van der Waals surface area contributed by atoms with Crippen LogP contribution in [-0.4, -0.2) is 38.2 Å². The fourth-order valence-corrected chi connectivity index (χ4v) is 2.08. The molecule has 0 aliphatic rings. The molecular weight excluding hydrogens is 370 g/mol. The number of hydrogen-bond donors (Lipinski definition) is 1. The number of carbonyl (C=O) groups is 2. The molecule has 0 aliphatic carbocycles. The summed E-state index contributed by atoms with van der Waals surface area (Å²) in [4.78, 5) is 24.6. The number of nitrogen functional groups attached to an aromatic ring is 1. The predicted octanol–water partition coefficient (Wildman–Crippen LogP) is 3.17. The monoisotopic (exact) mass is 394 g/mol. The number of nitrogens with zero attached hydrogens (tertiary/aromatic N) is 1. The average molecular weight is 394 g/mol. The van der Waals surface area contributed by atoms with Gasteiger partial charge < -0.3 is 20.1 Å². The Kier molecular flexibility index (Phi) is 10.0. The summed E-state index contributed by atoms with van der Waals surface area (Å²) >= 11 is 0. The Morgan fingerprint density at radius 2 is 1.21 bits per heavy atom. The Labute approximate surface area is 162 Å². The molecule has 2 N–H and O–H groups in total. The fourth-order valence-electron chi connectivity index (χ4n) is 2.08. The summed E-state index contributed by atoms with van der Waals surface area (Å²) in [6.45, 7) is 3.72. The van der Waals surface area contributed by atoms with Crippen molar-refractivity contribution in [2.45, 2.75) is 13.8 Å². The van der Waals surface area contributed by atoms with E-state index in [1.165, 1.54) is 53.4 Å². The van der Waals surface area contributed by atoms with E-state index >= 15 is 0 Å². The molecule has 0 saturated carbocycles. The molecule has 0 fully saturated rings. The zero-order chi connectivity index (χ0) is 20.9. The Morgan fingerprint density at radius 1 is 0.821 bits per heavy atom. The highest BCUT2D eigenvalue weighted by Gasteiger charge is 2.16. The van der Waals surface area contributed by atoms with Gasteiger partial charge in [-0.05, 0) is 62.4 Å². The van der Waals surface area contributed by atoms with Gasteiger partial charge in [0, 0.05) is 11.4 Å². The maximum Gasteiger partial charge on any atom is 0.325 e. The van der Waals surface area contributed by atoms with Gasteiger partial charge in [0.1, 0.15) is 24.7 Å². The molecule has 6 nitrogen and oxygen atoms in total. The lowest BCUT2D eigenvalue weighted by molar-refractivity contribution is -0.142. The largest absolute Gasteiger partial charge is 0.465 e. The second-order valence-corrected chi connectivity index (χ2v) is 5.49. The van der Waals surface area contributed by atoms with Crippen LogP contribution in [0.5, 0.6) is 0 Å². The molecule has 0 aliphatic heterocycles. The Bertz CT molecular complexity index is 696. The predicted molar refractivity (Wildman–Crippen MR) is 103 cm³/mol. The van der Waals surface area contributed by atoms with Crippen molar-refractivity contribution in [1.82, 2.24) is 0 Å². The Hall–Kier alpha value is -3.16. The van der Waals surface area contributed by atoms with Crippen LogP contribution in [0, 0.1) is 11.6 Å². The van der Waals surface area contributed by atoms with Gasteiger partial charge in [-0.3, -0.25) is 9.59 Å². The number of rotatable bonds is 7. The summed E-state index contributed by atoms with van der Waals surface area (Å²) in [7, 11) is 0. The minimum atomic E-state index is -0.457. The minimum absolute atomic E-state index is 0.0989. The number of anilines is 2. The molecule has 2 rings (SSSR count). The maximum absolute atomic E-state index is 12.9. The summed E-state index contributed by atoms with van der Waals surface area (Å²) in [6, 6.07) is 11.2. The van der Waals surface area contributed by atoms with Crippen molar-refractivity contribution >= 4 is 23.3 Å². The van der Waals surface area contributed by atoms with E-state index < -0.39 is 11.9 Å². The van der Waals surface area contributed by atoms with Crippen molar-refractivity contribution in [3.8, 4) is 0 Å². The summed E-state index contributed by atoms with van der Waals surface area (Å²) in [5.74, 6) is -1.55. The van der Waals surface area contributed by atoms with E-state index in [1.54, 1.807) is 13.8 Å². The summed E-state index contributed by atoms with van der Waals surface area (Å²) < 4.78 is 34.7. The van der Waals surface area contributed by atoms with Crippen LogP contribution in [0.2, 0.25) is 0 Å². The summed E-state index contributed by atoms with van der Waals surface area (Å²) in [5.41, 5.74) is 6.40. The molecule has 0 spiro atoms. The molecule has 0 heterocycles. The van der Waals surface area contributed by atoms with Crippen LogP contribution < -0.4 is 10.6 Å². The second kappa shape index (κ2) is 12.3. The Morgan fingerprint density at radius 3 is 1.57 bits per heavy atom. The van der Waals surface area contributed by atoms with Gasteiger partial charge in [0.05, 0.1) is 13.2 Å². The number of hydrogen-bond acceptors (Lipinski definition) is 6. The first kappa shape index (κ1) is 22.9. The average Bonchev–Trinajstić information content (AvgIpc) is 2.65. The molecule has 0 saturated heterocycles. The van der Waals surface area contributed by atoms with E-state index in [9.17, 15) is 18.4 Å². The van der Waals surface area contributed by atoms with E-state index in [0.29, 0.717) is 11.4 Å². The van der Waals surface area contributed by atoms with Crippen LogP contribution in [0.15, 0.2) is 48.5 Å². The zero-order valence-corrected chi connectivity index (χ0v) is 15.9. The smallest absolute Gasteiger partial charge is 0.325 e. The number of esters is 2. The van der Waals surface area contributed by atoms with Gasteiger partial charge in [0.15, 0.2) is 0 Å². The SMILES string of the molecule is CCOC(=O)CN(CC(=O)OCC)c1ccc(F)cc1.Nc1ccc(F)cc1. The summed E-state index contributed by atoms with van der Waals surface area (Å²) in [5, 5.41) is 0. The summed E-state index contributed by atoms with van der Waals surface area (Å²) in [6.07, 6.45) is 0. The lowest BCUT2D eigenvalue weighted by atomic mass is 10.2. The number of halogens is 2. The van der Waals surface area contributed by atoms with Crippen molar-refractivity contribution < 1.29 is 27.8 Å². The molecule has 2 aromatic carbocycles. The first-order valence-electron chi connectivity index (χ1n) is 8.68. The fraction of sp³-hybridized carbons (Fsp3) is 0.300. The van der Waals surface area contributed by atoms with Crippen molar-refractivity contribution in [2.24, 2.45) is 0 Å². The number of nitrogens with two attached hydrogens (primary N) is 1. The highest BCUT2D eigenvalue weighted by Crippen LogP contribution is 2.15. The van der Waals surface area contributed by atoms with Gasteiger partial charge in [-0.15, -0.1) is 0 Å². The van der Waals surface area contributed by atoms with E-state index in [0.717, 1.165) is 0 Å². The molecule has 0 atom stereocenters. The zero-order valence-electron chi connectivity index (χ0n) is 15.9. The van der Waals surface area contributed by atoms with Gasteiger partial charge in [0.2, 0.25) is 0 Å². The third kappa shape index (κ3) is 8.98. The molecule has 0 aromatic heterocycles. The van der Waals surface area contributed by atoms with Gasteiger partial charge >= 0.3 is 11.9 Å². The molecular formula is C20H24F2N2O4. The molecule has 0 amide bonds. The van der Waals surface area contributed by atoms with Gasteiger partial charge in [-0.2, -0.15) is 0 Å². The number of carbonyl (C=O) groups excluding carboxylic acids is 2. The highest BCUT2D eigenvalue weighted by molar-refractivity contribution is 5.81. The molecule has 0 bridgehead atoms. The quantitative estimate of drug-likeness (QED) is 0.574. The lowest BCUT2D eigenvalue weighted by Gasteiger charge is -2.22. The van der Waals surface area contributed by atoms with E-state index in [1.807, 2.05) is 0 Å². The number of ether oxygens (including phenoxy) is 2. The van der Waals surface area contributed by atoms with E-state index in [-0.39, 0.29) is 37.9 Å². The molecule has 0 unspecified atom stereocenters. The molecule has 2 aromatic rings. The first-order chi connectivity index (χ1) is 13.3. The second-order valence-electron chi connectivity index (χ2n) is 5.49. The van der Waals surface area contributed by atoms with Crippen LogP contribution in [0.3, 0.4) is 0 Å². The van der Waals surface area contributed by atoms with Crippen LogP contribution in [0.25, 0.3) is 0 Å². The molecule has 8 heteroatoms. The Balaban J connectivity index is 0.000000406. The van der Waals surface area contributed by atoms with Crippen molar-refractivity contribution in [3.05, 3.63) is 60.2 Å². The molecule has 0 radical (unpaired) electrons. The maximum atomic E-state index is 12.9. The lowest BCUT2D eigenvalue weighted by Crippen LogP contribution is -2.36. The topological polar surface area (TPSA) is 81.9 Å². The first-order valence-corrected chi connectivity index (χ1v) is 8.68. The third-order valence-electron chi connectivity index (χ3n) is 3.31. The van der Waals surface area contributed by atoms with Gasteiger partial charge in [-0.1, -0.05) is 0 Å². The standard InChI is InChI=1S/C14H18FNO4.C6H6FN/c1-3-19-13(17)9-16(10-14(18)20-4-2)12-7-5-11(15)6-8-12;7-5-1-3-6(8)4-2-5/h5-8H,3-4,9-10H2,1-2H3;1-4H,8H2. The molecule has 28 heavy (non-hydrogen) atoms. The van der Waals surface area contributed by atoms with Crippen molar-refractivity contribution in [2.75, 3.05) is 36.9 Å². The van der Waals surface area contributed by atoms with E-state index in [4.69, 9.17) is 15.2 Å². The highest BCUT2D eigenvalue weighted by atomic mass is 19.1. The third-order valence-corrected chi connectivity index (χ3v) is 3.31. The van der Waals surface area contributed by atoms with Gasteiger partial charge in [0.25, 0.3) is 0 Å². The van der Waals surface area contributed by atoms with Crippen LogP contribution >= 0.6 is 0 Å². The van der Waals surface area contributed by atoms with Gasteiger partial charge in [-0.25, -0.2) is 8.78 Å². The van der Waals surface area contributed by atoms with E-state index in [2.05, 4.69) is 0 Å². The van der Waals surface area contributed by atoms with Crippen LogP contribution in [-0.2, 0) is 19.1 Å². The minimum Gasteiger partial charge on any atom is -0.465 e. The van der Waals surface area contributed by atoms with Crippen LogP contribution in [0.1, 0.15) is 13.8 Å². The van der Waals surface area contributed by atoms with Crippen LogP contribution in [0.4, 0.5) is 20.2 Å². The van der Waals surface area contributed by atoms with Crippen molar-refractivity contribution in [1.29, 1.82) is 0 Å². The van der Waals surface area contributed by atoms with Crippen molar-refractivity contribution in [3.63, 3.8) is 0 Å². The number of benzene rings is 2. The normalized spacial score (nSPS) is 9.71.